The molecule has 0 spiro atoms. The summed E-state index contributed by atoms with van der Waals surface area (Å²) in [6.45, 7) is 0. The second-order valence-electron chi connectivity index (χ2n) is 8.47. The van der Waals surface area contributed by atoms with E-state index >= 15 is 0 Å². The molecule has 0 radical (unpaired) electrons. The number of aliphatic imine (C=N–C) groups is 1. The van der Waals surface area contributed by atoms with Crippen LogP contribution in [0.15, 0.2) is 59.6 Å². The molecule has 0 saturated carbocycles. The predicted octanol–water partition coefficient (Wildman–Crippen LogP) is 5.59. The Hall–Kier alpha value is -2.86. The van der Waals surface area contributed by atoms with E-state index in [0.717, 1.165) is 27.9 Å². The van der Waals surface area contributed by atoms with Crippen molar-refractivity contribution < 1.29 is 9.59 Å². The fourth-order valence-corrected chi connectivity index (χ4v) is 5.12. The van der Waals surface area contributed by atoms with Crippen LogP contribution in [0.5, 0.6) is 0 Å². The van der Waals surface area contributed by atoms with Crippen molar-refractivity contribution in [1.29, 1.82) is 0 Å². The molecule has 1 unspecified atom stereocenters. The van der Waals surface area contributed by atoms with Gasteiger partial charge in [-0.25, -0.2) is 0 Å². The molecule has 3 aromatic carbocycles. The van der Waals surface area contributed by atoms with Crippen molar-refractivity contribution in [3.05, 3.63) is 91.9 Å². The zero-order chi connectivity index (χ0) is 24.1. The van der Waals surface area contributed by atoms with Gasteiger partial charge in [-0.05, 0) is 47.5 Å². The first-order valence-corrected chi connectivity index (χ1v) is 11.9. The van der Waals surface area contributed by atoms with Gasteiger partial charge in [0.05, 0.1) is 17.8 Å². The lowest BCUT2D eigenvalue weighted by Gasteiger charge is -2.21. The molecule has 2 heterocycles. The third-order valence-corrected chi connectivity index (χ3v) is 7.16. The van der Waals surface area contributed by atoms with Gasteiger partial charge in [-0.3, -0.25) is 14.6 Å². The first kappa shape index (κ1) is 22.9. The molecule has 0 bridgehead atoms. The summed E-state index contributed by atoms with van der Waals surface area (Å²) in [6, 6.07) is 15.8. The molecule has 1 atom stereocenters. The van der Waals surface area contributed by atoms with Gasteiger partial charge in [-0.1, -0.05) is 53.0 Å². The molecule has 2 amide bonds. The molecule has 0 fully saturated rings. The van der Waals surface area contributed by atoms with Crippen molar-refractivity contribution in [2.24, 2.45) is 4.99 Å². The molecule has 0 aromatic heterocycles. The topological polar surface area (TPSA) is 53.0 Å². The van der Waals surface area contributed by atoms with Crippen LogP contribution in [0.25, 0.3) is 0 Å². The highest BCUT2D eigenvalue weighted by atomic mass is 35.5. The van der Waals surface area contributed by atoms with Gasteiger partial charge in [-0.15, -0.1) is 0 Å². The molecule has 172 valence electrons. The maximum Gasteiger partial charge on any atom is 0.251 e. The fraction of sp³-hybridized carbons (Fsp3) is 0.192. The lowest BCUT2D eigenvalue weighted by Crippen LogP contribution is -2.36. The van der Waals surface area contributed by atoms with Crippen molar-refractivity contribution >= 4 is 63.7 Å². The minimum atomic E-state index is -0.711. The Morgan fingerprint density at radius 3 is 2.38 bits per heavy atom. The molecular weight excluding hydrogens is 493 g/mol. The summed E-state index contributed by atoms with van der Waals surface area (Å²) in [6.07, 6.45) is 0.688. The van der Waals surface area contributed by atoms with Crippen LogP contribution in [0.4, 0.5) is 11.4 Å². The van der Waals surface area contributed by atoms with E-state index in [1.54, 1.807) is 42.1 Å². The van der Waals surface area contributed by atoms with Crippen molar-refractivity contribution in [3.8, 4) is 0 Å². The second-order valence-corrected chi connectivity index (χ2v) is 9.75. The van der Waals surface area contributed by atoms with Crippen LogP contribution in [0, 0.1) is 0 Å². The Morgan fingerprint density at radius 2 is 1.62 bits per heavy atom. The normalized spacial score (nSPS) is 17.4. The van der Waals surface area contributed by atoms with Gasteiger partial charge in [0.25, 0.3) is 5.91 Å². The number of amides is 2. The van der Waals surface area contributed by atoms with Crippen LogP contribution >= 0.6 is 34.8 Å². The van der Waals surface area contributed by atoms with E-state index in [-0.39, 0.29) is 11.8 Å². The molecule has 0 saturated heterocycles. The molecule has 5 rings (SSSR count). The van der Waals surface area contributed by atoms with E-state index in [2.05, 4.69) is 0 Å². The van der Waals surface area contributed by atoms with Crippen LogP contribution in [0.2, 0.25) is 15.1 Å². The lowest BCUT2D eigenvalue weighted by molar-refractivity contribution is -0.119. The maximum atomic E-state index is 13.5. The third-order valence-electron chi connectivity index (χ3n) is 6.34. The van der Waals surface area contributed by atoms with Crippen LogP contribution in [0.3, 0.4) is 0 Å². The van der Waals surface area contributed by atoms with Crippen LogP contribution in [-0.2, 0) is 22.4 Å². The van der Waals surface area contributed by atoms with Crippen molar-refractivity contribution in [2.75, 3.05) is 23.9 Å². The summed E-state index contributed by atoms with van der Waals surface area (Å²) in [4.78, 5) is 33.9. The second kappa shape index (κ2) is 8.73. The molecule has 8 heteroatoms. The lowest BCUT2D eigenvalue weighted by atomic mass is 9.98. The summed E-state index contributed by atoms with van der Waals surface area (Å²) in [7, 11) is 3.50. The standard InChI is InChI=1S/C26H20Cl3N3O2/c1-31-23-10-16(4-3-15(23)11-24(31)33)25-19-12-17(27)7-8-22(19)32(2)26(34)21(30-25)9-14-5-6-18(28)13-20(14)29/h3-8,10,12-13,21H,9,11H2,1-2H3. The van der Waals surface area contributed by atoms with E-state index in [1.165, 1.54) is 0 Å². The van der Waals surface area contributed by atoms with Gasteiger partial charge in [-0.2, -0.15) is 0 Å². The molecule has 2 aliphatic heterocycles. The molecule has 0 aliphatic carbocycles. The maximum absolute atomic E-state index is 13.5. The molecular formula is C26H20Cl3N3O2. The number of benzodiazepines with no additional fused rings is 1. The zero-order valence-electron chi connectivity index (χ0n) is 18.5. The minimum absolute atomic E-state index is 0.0450. The number of carbonyl (C=O) groups is 2. The van der Waals surface area contributed by atoms with Crippen LogP contribution in [0.1, 0.15) is 22.3 Å². The van der Waals surface area contributed by atoms with Gasteiger partial charge in [0.1, 0.15) is 6.04 Å². The highest BCUT2D eigenvalue weighted by Crippen LogP contribution is 2.34. The van der Waals surface area contributed by atoms with E-state index in [9.17, 15) is 9.59 Å². The molecule has 3 aromatic rings. The molecule has 0 N–H and O–H groups in total. The van der Waals surface area contributed by atoms with Crippen molar-refractivity contribution in [2.45, 2.75) is 18.9 Å². The number of hydrogen-bond donors (Lipinski definition) is 0. The van der Waals surface area contributed by atoms with Crippen molar-refractivity contribution in [3.63, 3.8) is 0 Å². The monoisotopic (exact) mass is 511 g/mol. The Morgan fingerprint density at radius 1 is 0.882 bits per heavy atom. The summed E-state index contributed by atoms with van der Waals surface area (Å²) in [5.41, 5.74) is 5.50. The Bertz CT molecular complexity index is 1390. The number of anilines is 2. The first-order valence-electron chi connectivity index (χ1n) is 10.7. The number of rotatable bonds is 3. The highest BCUT2D eigenvalue weighted by molar-refractivity contribution is 6.35. The van der Waals surface area contributed by atoms with Crippen LogP contribution in [-0.4, -0.2) is 37.7 Å². The third kappa shape index (κ3) is 3.98. The summed E-state index contributed by atoms with van der Waals surface area (Å²) in [5.74, 6) is -0.110. The average molecular weight is 513 g/mol. The zero-order valence-corrected chi connectivity index (χ0v) is 20.7. The number of fused-ring (bicyclic) bond motifs is 2. The van der Waals surface area contributed by atoms with Gasteiger partial charge >= 0.3 is 0 Å². The fourth-order valence-electron chi connectivity index (χ4n) is 4.46. The largest absolute Gasteiger partial charge is 0.315 e. The Kier molecular flexibility index (Phi) is 5.88. The van der Waals surface area contributed by atoms with Gasteiger partial charge in [0.2, 0.25) is 5.91 Å². The smallest absolute Gasteiger partial charge is 0.251 e. The number of halogens is 3. The summed E-state index contributed by atoms with van der Waals surface area (Å²) < 4.78 is 0. The number of hydrogen-bond acceptors (Lipinski definition) is 3. The predicted molar refractivity (Wildman–Crippen MR) is 138 cm³/mol. The summed E-state index contributed by atoms with van der Waals surface area (Å²) in [5, 5.41) is 1.56. The number of benzene rings is 3. The van der Waals surface area contributed by atoms with E-state index in [4.69, 9.17) is 39.8 Å². The van der Waals surface area contributed by atoms with Crippen molar-refractivity contribution in [1.82, 2.24) is 0 Å². The highest BCUT2D eigenvalue weighted by Gasteiger charge is 2.32. The van der Waals surface area contributed by atoms with Gasteiger partial charge in [0.15, 0.2) is 0 Å². The number of nitrogens with zero attached hydrogens (tertiary/aromatic N) is 3. The number of carbonyl (C=O) groups excluding carboxylic acids is 2. The van der Waals surface area contributed by atoms with E-state index < -0.39 is 6.04 Å². The SMILES string of the molecule is CN1C(=O)Cc2ccc(C3=NC(Cc4ccc(Cl)cc4Cl)C(=O)N(C)c4ccc(Cl)cc43)cc21. The molecule has 34 heavy (non-hydrogen) atoms. The first-order chi connectivity index (χ1) is 16.2. The quantitative estimate of drug-likeness (QED) is 0.459. The van der Waals surface area contributed by atoms with Gasteiger partial charge < -0.3 is 9.80 Å². The Labute approximate surface area is 212 Å². The molecule has 2 aliphatic rings. The Balaban J connectivity index is 1.67. The number of likely N-dealkylation sites (N-methyl/N-ethyl adjacent to an activating group) is 2. The summed E-state index contributed by atoms with van der Waals surface area (Å²) >= 11 is 18.8. The van der Waals surface area contributed by atoms with E-state index in [1.807, 2.05) is 36.4 Å². The van der Waals surface area contributed by atoms with Crippen LogP contribution < -0.4 is 9.80 Å². The average Bonchev–Trinajstić information content (AvgIpc) is 3.04. The molecule has 5 nitrogen and oxygen atoms in total. The van der Waals surface area contributed by atoms with E-state index in [0.29, 0.717) is 39.3 Å². The minimum Gasteiger partial charge on any atom is -0.315 e. The van der Waals surface area contributed by atoms with Gasteiger partial charge in [0, 0.05) is 52.4 Å².